The smallest absolute Gasteiger partial charge is 0.332 e. The summed E-state index contributed by atoms with van der Waals surface area (Å²) in [5, 5.41) is 17.9. The topological polar surface area (TPSA) is 74.6 Å². The van der Waals surface area contributed by atoms with Gasteiger partial charge in [0.1, 0.15) is 0 Å². The number of hydrogen-bond acceptors (Lipinski definition) is 2. The van der Waals surface area contributed by atoms with Crippen molar-refractivity contribution in [2.45, 2.75) is 97.3 Å². The van der Waals surface area contributed by atoms with Crippen LogP contribution >= 0.6 is 0 Å². The van der Waals surface area contributed by atoms with Crippen molar-refractivity contribution in [1.82, 2.24) is 0 Å². The Morgan fingerprint density at radius 3 is 1.39 bits per heavy atom. The van der Waals surface area contributed by atoms with Crippen molar-refractivity contribution in [3.63, 3.8) is 0 Å². The molecule has 0 unspecified atom stereocenters. The molecule has 0 amide bonds. The molecule has 0 aromatic rings. The van der Waals surface area contributed by atoms with Crippen LogP contribution in [0.25, 0.3) is 0 Å². The van der Waals surface area contributed by atoms with Crippen LogP contribution in [-0.2, 0) is 9.59 Å². The molecule has 0 saturated carbocycles. The molecule has 134 valence electrons. The first kappa shape index (κ1) is 21.7. The zero-order chi connectivity index (χ0) is 17.5. The highest BCUT2D eigenvalue weighted by molar-refractivity contribution is 5.98. The van der Waals surface area contributed by atoms with Crippen molar-refractivity contribution in [2.24, 2.45) is 0 Å². The second-order valence-corrected chi connectivity index (χ2v) is 6.35. The zero-order valence-electron chi connectivity index (χ0n) is 14.9. The Balaban J connectivity index is 3.60. The van der Waals surface area contributed by atoms with Crippen molar-refractivity contribution in [3.8, 4) is 0 Å². The highest BCUT2D eigenvalue weighted by atomic mass is 16.4. The molecule has 0 spiro atoms. The van der Waals surface area contributed by atoms with Crippen LogP contribution in [0.3, 0.4) is 0 Å². The van der Waals surface area contributed by atoms with E-state index in [4.69, 9.17) is 10.2 Å². The number of unbranched alkanes of at least 4 members (excludes halogenated alkanes) is 11. The van der Waals surface area contributed by atoms with Crippen LogP contribution in [-0.4, -0.2) is 22.2 Å². The molecule has 0 radical (unpaired) electrons. The number of carboxylic acid groups (broad SMARTS) is 2. The molecule has 0 aliphatic carbocycles. The van der Waals surface area contributed by atoms with E-state index in [1.807, 2.05) is 0 Å². The summed E-state index contributed by atoms with van der Waals surface area (Å²) in [7, 11) is 0. The highest BCUT2D eigenvalue weighted by Gasteiger charge is 2.15. The van der Waals surface area contributed by atoms with Gasteiger partial charge < -0.3 is 10.2 Å². The Morgan fingerprint density at radius 1 is 0.652 bits per heavy atom. The van der Waals surface area contributed by atoms with Gasteiger partial charge in [0.25, 0.3) is 0 Å². The molecule has 0 aromatic carbocycles. The van der Waals surface area contributed by atoms with E-state index in [-0.39, 0.29) is 11.1 Å². The molecular formula is C19H34O4. The summed E-state index contributed by atoms with van der Waals surface area (Å²) < 4.78 is 0. The summed E-state index contributed by atoms with van der Waals surface area (Å²) in [4.78, 5) is 21.9. The summed E-state index contributed by atoms with van der Waals surface area (Å²) >= 11 is 0. The first-order valence-corrected chi connectivity index (χ1v) is 9.17. The van der Waals surface area contributed by atoms with Gasteiger partial charge in [0.15, 0.2) is 0 Å². The number of rotatable bonds is 15. The number of hydrogen-bond donors (Lipinski definition) is 2. The Labute approximate surface area is 141 Å². The van der Waals surface area contributed by atoms with E-state index in [0.717, 1.165) is 19.3 Å². The Bertz CT molecular complexity index is 372. The third-order valence-electron chi connectivity index (χ3n) is 4.31. The quantitative estimate of drug-likeness (QED) is 0.305. The molecule has 4 heteroatoms. The van der Waals surface area contributed by atoms with Crippen molar-refractivity contribution in [2.75, 3.05) is 0 Å². The predicted molar refractivity (Wildman–Crippen MR) is 93.7 cm³/mol. The second kappa shape index (κ2) is 14.3. The molecule has 0 fully saturated rings. The molecule has 0 rings (SSSR count). The van der Waals surface area contributed by atoms with E-state index in [0.29, 0.717) is 6.42 Å². The van der Waals surface area contributed by atoms with Gasteiger partial charge in [-0.2, -0.15) is 0 Å². The largest absolute Gasteiger partial charge is 0.478 e. The predicted octanol–water partition coefficient (Wildman–Crippen LogP) is 5.56. The van der Waals surface area contributed by atoms with Crippen LogP contribution in [0.5, 0.6) is 0 Å². The Kier molecular flexibility index (Phi) is 13.5. The van der Waals surface area contributed by atoms with Crippen molar-refractivity contribution >= 4 is 11.9 Å². The summed E-state index contributed by atoms with van der Waals surface area (Å²) in [6, 6.07) is 0. The Morgan fingerprint density at radius 2 is 1.04 bits per heavy atom. The molecule has 23 heavy (non-hydrogen) atoms. The molecule has 0 saturated heterocycles. The van der Waals surface area contributed by atoms with Crippen molar-refractivity contribution in [3.05, 3.63) is 11.1 Å². The molecule has 0 atom stereocenters. The lowest BCUT2D eigenvalue weighted by molar-refractivity contribution is -0.136. The minimum absolute atomic E-state index is 0.0411. The highest BCUT2D eigenvalue weighted by Crippen LogP contribution is 2.16. The number of aliphatic carboxylic acids is 2. The summed E-state index contributed by atoms with van der Waals surface area (Å²) in [6.45, 7) is 3.60. The van der Waals surface area contributed by atoms with Gasteiger partial charge in [-0.25, -0.2) is 9.59 Å². The van der Waals surface area contributed by atoms with Gasteiger partial charge in [0, 0.05) is 11.1 Å². The van der Waals surface area contributed by atoms with Crippen LogP contribution in [0.2, 0.25) is 0 Å². The van der Waals surface area contributed by atoms with Crippen LogP contribution in [0.15, 0.2) is 11.1 Å². The third kappa shape index (κ3) is 11.8. The lowest BCUT2D eigenvalue weighted by Crippen LogP contribution is -2.09. The van der Waals surface area contributed by atoms with E-state index in [1.165, 1.54) is 64.7 Å². The molecule has 2 N–H and O–H groups in total. The summed E-state index contributed by atoms with van der Waals surface area (Å²) in [6.07, 6.45) is 15.0. The van der Waals surface area contributed by atoms with Gasteiger partial charge in [-0.1, -0.05) is 77.6 Å². The van der Waals surface area contributed by atoms with Gasteiger partial charge >= 0.3 is 11.9 Å². The SMILES string of the molecule is CCCCCCCCCCCCCC/C(C(=O)O)=C(/C)C(=O)O. The standard InChI is InChI=1S/C19H34O4/c1-3-4-5-6-7-8-9-10-11-12-13-14-15-17(19(22)23)16(2)18(20)21/h3-15H2,1-2H3,(H,20,21)(H,22,23)/b17-16+. The molecule has 4 nitrogen and oxygen atoms in total. The van der Waals surface area contributed by atoms with E-state index in [2.05, 4.69) is 6.92 Å². The van der Waals surface area contributed by atoms with Gasteiger partial charge in [0.2, 0.25) is 0 Å². The van der Waals surface area contributed by atoms with E-state index >= 15 is 0 Å². The van der Waals surface area contributed by atoms with Crippen molar-refractivity contribution < 1.29 is 19.8 Å². The minimum atomic E-state index is -1.14. The third-order valence-corrected chi connectivity index (χ3v) is 4.31. The minimum Gasteiger partial charge on any atom is -0.478 e. The van der Waals surface area contributed by atoms with E-state index < -0.39 is 11.9 Å². The maximum atomic E-state index is 11.1. The Hall–Kier alpha value is -1.32. The fourth-order valence-electron chi connectivity index (χ4n) is 2.73. The normalized spacial score (nSPS) is 12.1. The summed E-state index contributed by atoms with van der Waals surface area (Å²) in [5.41, 5.74) is 0.00477. The van der Waals surface area contributed by atoms with Crippen LogP contribution in [0.1, 0.15) is 97.3 Å². The molecule has 0 aliphatic rings. The average Bonchev–Trinajstić information content (AvgIpc) is 2.51. The lowest BCUT2D eigenvalue weighted by atomic mass is 10.0. The monoisotopic (exact) mass is 326 g/mol. The van der Waals surface area contributed by atoms with E-state index in [9.17, 15) is 9.59 Å². The van der Waals surface area contributed by atoms with Gasteiger partial charge in [0.05, 0.1) is 0 Å². The van der Waals surface area contributed by atoms with Crippen molar-refractivity contribution in [1.29, 1.82) is 0 Å². The first-order chi connectivity index (χ1) is 11.0. The average molecular weight is 326 g/mol. The fraction of sp³-hybridized carbons (Fsp3) is 0.789. The molecule has 0 heterocycles. The van der Waals surface area contributed by atoms with Crippen LogP contribution in [0, 0.1) is 0 Å². The van der Waals surface area contributed by atoms with Gasteiger partial charge in [-0.05, 0) is 19.8 Å². The van der Waals surface area contributed by atoms with Gasteiger partial charge in [-0.15, -0.1) is 0 Å². The molecular weight excluding hydrogens is 292 g/mol. The van der Waals surface area contributed by atoms with Crippen LogP contribution < -0.4 is 0 Å². The van der Waals surface area contributed by atoms with Gasteiger partial charge in [-0.3, -0.25) is 0 Å². The van der Waals surface area contributed by atoms with Crippen LogP contribution in [0.4, 0.5) is 0 Å². The maximum Gasteiger partial charge on any atom is 0.332 e. The zero-order valence-corrected chi connectivity index (χ0v) is 14.9. The maximum absolute atomic E-state index is 11.1. The molecule has 0 bridgehead atoms. The molecule has 0 aliphatic heterocycles. The van der Waals surface area contributed by atoms with E-state index in [1.54, 1.807) is 0 Å². The lowest BCUT2D eigenvalue weighted by Gasteiger charge is -2.06. The molecule has 0 aromatic heterocycles. The summed E-state index contributed by atoms with van der Waals surface area (Å²) in [5.74, 6) is -2.24. The second-order valence-electron chi connectivity index (χ2n) is 6.35. The number of carbonyl (C=O) groups is 2. The first-order valence-electron chi connectivity index (χ1n) is 9.17. The fourth-order valence-corrected chi connectivity index (χ4v) is 2.73. The number of carboxylic acids is 2.